The van der Waals surface area contributed by atoms with Crippen LogP contribution in [0.2, 0.25) is 0 Å². The molecular weight excluding hydrogens is 279 g/mol. The van der Waals surface area contributed by atoms with Gasteiger partial charge in [0.25, 0.3) is 5.91 Å². The molecule has 0 aliphatic carbocycles. The van der Waals surface area contributed by atoms with Crippen molar-refractivity contribution in [2.24, 2.45) is 0 Å². The molecule has 1 aliphatic heterocycles. The van der Waals surface area contributed by atoms with E-state index in [9.17, 15) is 18.8 Å². The van der Waals surface area contributed by atoms with Crippen molar-refractivity contribution >= 4 is 17.7 Å². The van der Waals surface area contributed by atoms with E-state index in [1.165, 1.54) is 23.1 Å². The zero-order chi connectivity index (χ0) is 15.4. The molecular formula is C14H15FN2O4. The number of nitrogens with one attached hydrogen (secondary N) is 1. The van der Waals surface area contributed by atoms with Gasteiger partial charge in [-0.05, 0) is 18.6 Å². The summed E-state index contributed by atoms with van der Waals surface area (Å²) in [5.41, 5.74) is 0. The number of benzene rings is 1. The minimum absolute atomic E-state index is 0.185. The number of imide groups is 1. The zero-order valence-corrected chi connectivity index (χ0v) is 11.5. The third-order valence-corrected chi connectivity index (χ3v) is 3.12. The van der Waals surface area contributed by atoms with E-state index in [2.05, 4.69) is 5.32 Å². The number of hydrogen-bond acceptors (Lipinski definition) is 4. The number of carbonyl (C=O) groups is 3. The largest absolute Gasteiger partial charge is 0.484 e. The number of piperazine rings is 1. The van der Waals surface area contributed by atoms with Crippen LogP contribution in [-0.2, 0) is 14.4 Å². The maximum absolute atomic E-state index is 13.0. The molecule has 1 N–H and O–H groups in total. The second-order valence-corrected chi connectivity index (χ2v) is 4.60. The number of carbonyl (C=O) groups excluding carboxylic acids is 3. The first-order valence-electron chi connectivity index (χ1n) is 6.52. The molecule has 0 radical (unpaired) electrons. The van der Waals surface area contributed by atoms with Gasteiger partial charge in [-0.1, -0.05) is 13.0 Å². The highest BCUT2D eigenvalue weighted by Crippen LogP contribution is 2.14. The molecule has 1 heterocycles. The number of ether oxygens (including phenoxy) is 1. The van der Waals surface area contributed by atoms with Crippen molar-refractivity contribution in [3.63, 3.8) is 0 Å². The van der Waals surface area contributed by atoms with Gasteiger partial charge in [-0.3, -0.25) is 19.7 Å². The molecule has 1 atom stereocenters. The first kappa shape index (κ1) is 15.0. The van der Waals surface area contributed by atoms with Crippen molar-refractivity contribution in [3.8, 4) is 5.75 Å². The van der Waals surface area contributed by atoms with E-state index in [0.717, 1.165) is 6.07 Å². The SMILES string of the molecule is CCC1C(=O)NC(=O)CN1C(=O)COc1cccc(F)c1. The van der Waals surface area contributed by atoms with Crippen LogP contribution in [0, 0.1) is 5.82 Å². The van der Waals surface area contributed by atoms with Gasteiger partial charge in [0.1, 0.15) is 24.2 Å². The van der Waals surface area contributed by atoms with E-state index in [4.69, 9.17) is 4.74 Å². The van der Waals surface area contributed by atoms with Crippen LogP contribution >= 0.6 is 0 Å². The molecule has 7 heteroatoms. The minimum Gasteiger partial charge on any atom is -0.484 e. The molecule has 1 saturated heterocycles. The molecule has 0 saturated carbocycles. The van der Waals surface area contributed by atoms with E-state index in [1.807, 2.05) is 0 Å². The Morgan fingerprint density at radius 3 is 2.90 bits per heavy atom. The van der Waals surface area contributed by atoms with Crippen molar-refractivity contribution in [2.75, 3.05) is 13.2 Å². The van der Waals surface area contributed by atoms with Crippen molar-refractivity contribution in [1.82, 2.24) is 10.2 Å². The van der Waals surface area contributed by atoms with Crippen molar-refractivity contribution in [1.29, 1.82) is 0 Å². The fourth-order valence-corrected chi connectivity index (χ4v) is 2.12. The third-order valence-electron chi connectivity index (χ3n) is 3.12. The fraction of sp³-hybridized carbons (Fsp3) is 0.357. The first-order valence-corrected chi connectivity index (χ1v) is 6.52. The summed E-state index contributed by atoms with van der Waals surface area (Å²) in [6.07, 6.45) is 0.394. The fourth-order valence-electron chi connectivity index (χ4n) is 2.12. The Labute approximate surface area is 120 Å². The van der Waals surface area contributed by atoms with E-state index >= 15 is 0 Å². The topological polar surface area (TPSA) is 75.7 Å². The lowest BCUT2D eigenvalue weighted by molar-refractivity contribution is -0.151. The molecule has 0 spiro atoms. The summed E-state index contributed by atoms with van der Waals surface area (Å²) in [7, 11) is 0. The molecule has 0 bridgehead atoms. The number of rotatable bonds is 4. The van der Waals surface area contributed by atoms with Gasteiger partial charge in [-0.15, -0.1) is 0 Å². The van der Waals surface area contributed by atoms with Gasteiger partial charge in [-0.2, -0.15) is 0 Å². The van der Waals surface area contributed by atoms with E-state index in [-0.39, 0.29) is 18.9 Å². The molecule has 3 amide bonds. The lowest BCUT2D eigenvalue weighted by Crippen LogP contribution is -2.60. The van der Waals surface area contributed by atoms with Crippen LogP contribution in [0.15, 0.2) is 24.3 Å². The monoisotopic (exact) mass is 294 g/mol. The average Bonchev–Trinajstić information content (AvgIpc) is 2.44. The van der Waals surface area contributed by atoms with Crippen LogP contribution in [-0.4, -0.2) is 41.8 Å². The molecule has 0 aromatic heterocycles. The first-order chi connectivity index (χ1) is 10.0. The van der Waals surface area contributed by atoms with Crippen LogP contribution < -0.4 is 10.1 Å². The van der Waals surface area contributed by atoms with E-state index < -0.39 is 29.6 Å². The molecule has 1 aliphatic rings. The molecule has 2 rings (SSSR count). The van der Waals surface area contributed by atoms with Crippen LogP contribution in [0.5, 0.6) is 5.75 Å². The Morgan fingerprint density at radius 2 is 2.24 bits per heavy atom. The van der Waals surface area contributed by atoms with Gasteiger partial charge in [0.05, 0.1) is 0 Å². The number of hydrogen-bond donors (Lipinski definition) is 1. The minimum atomic E-state index is -0.689. The van der Waals surface area contributed by atoms with Gasteiger partial charge in [0.2, 0.25) is 11.8 Å². The normalized spacial score (nSPS) is 18.4. The van der Waals surface area contributed by atoms with Gasteiger partial charge in [-0.25, -0.2) is 4.39 Å². The highest BCUT2D eigenvalue weighted by molar-refractivity contribution is 6.04. The van der Waals surface area contributed by atoms with Crippen LogP contribution in [0.4, 0.5) is 4.39 Å². The van der Waals surface area contributed by atoms with Crippen molar-refractivity contribution < 1.29 is 23.5 Å². The summed E-state index contributed by atoms with van der Waals surface area (Å²) in [6, 6.07) is 4.70. The molecule has 1 aromatic rings. The molecule has 1 fully saturated rings. The molecule has 6 nitrogen and oxygen atoms in total. The standard InChI is InChI=1S/C14H15FN2O4/c1-2-11-14(20)16-12(18)7-17(11)13(19)8-21-10-5-3-4-9(15)6-10/h3-6,11H,2,7-8H2,1H3,(H,16,18,20). The second kappa shape index (κ2) is 6.34. The van der Waals surface area contributed by atoms with E-state index in [1.54, 1.807) is 6.92 Å². The maximum atomic E-state index is 13.0. The lowest BCUT2D eigenvalue weighted by atomic mass is 10.1. The molecule has 21 heavy (non-hydrogen) atoms. The van der Waals surface area contributed by atoms with Crippen LogP contribution in [0.1, 0.15) is 13.3 Å². The lowest BCUT2D eigenvalue weighted by Gasteiger charge is -2.33. The summed E-state index contributed by atoms with van der Waals surface area (Å²) >= 11 is 0. The number of amides is 3. The predicted molar refractivity (Wildman–Crippen MR) is 70.8 cm³/mol. The summed E-state index contributed by atoms with van der Waals surface area (Å²) in [5, 5.41) is 2.18. The summed E-state index contributed by atoms with van der Waals surface area (Å²) in [5.74, 6) is -1.77. The quantitative estimate of drug-likeness (QED) is 0.819. The highest BCUT2D eigenvalue weighted by atomic mass is 19.1. The number of halogens is 1. The molecule has 112 valence electrons. The highest BCUT2D eigenvalue weighted by Gasteiger charge is 2.35. The summed E-state index contributed by atoms with van der Waals surface area (Å²) < 4.78 is 18.2. The van der Waals surface area contributed by atoms with E-state index in [0.29, 0.717) is 6.42 Å². The Morgan fingerprint density at radius 1 is 1.48 bits per heavy atom. The summed E-state index contributed by atoms with van der Waals surface area (Å²) in [6.45, 7) is 1.20. The third kappa shape index (κ3) is 3.56. The summed E-state index contributed by atoms with van der Waals surface area (Å²) in [4.78, 5) is 36.3. The Kier molecular flexibility index (Phi) is 4.52. The molecule has 1 aromatic carbocycles. The van der Waals surface area contributed by atoms with Gasteiger partial charge in [0, 0.05) is 6.07 Å². The van der Waals surface area contributed by atoms with Crippen molar-refractivity contribution in [2.45, 2.75) is 19.4 Å². The van der Waals surface area contributed by atoms with Crippen LogP contribution in [0.25, 0.3) is 0 Å². The van der Waals surface area contributed by atoms with Gasteiger partial charge >= 0.3 is 0 Å². The smallest absolute Gasteiger partial charge is 0.261 e. The van der Waals surface area contributed by atoms with Gasteiger partial charge < -0.3 is 9.64 Å². The Balaban J connectivity index is 2.01. The predicted octanol–water partition coefficient (Wildman–Crippen LogP) is 0.468. The maximum Gasteiger partial charge on any atom is 0.261 e. The number of nitrogens with zero attached hydrogens (tertiary/aromatic N) is 1. The second-order valence-electron chi connectivity index (χ2n) is 4.60. The molecule has 1 unspecified atom stereocenters. The van der Waals surface area contributed by atoms with Crippen LogP contribution in [0.3, 0.4) is 0 Å². The Bertz CT molecular complexity index is 576. The zero-order valence-electron chi connectivity index (χ0n) is 11.5. The Hall–Kier alpha value is -2.44. The van der Waals surface area contributed by atoms with Crippen molar-refractivity contribution in [3.05, 3.63) is 30.1 Å². The van der Waals surface area contributed by atoms with Gasteiger partial charge in [0.15, 0.2) is 6.61 Å². The average molecular weight is 294 g/mol.